The van der Waals surface area contributed by atoms with Crippen molar-refractivity contribution >= 4 is 17.7 Å². The van der Waals surface area contributed by atoms with E-state index in [-0.39, 0.29) is 30.3 Å². The molecule has 6 heteroatoms. The highest BCUT2D eigenvalue weighted by Crippen LogP contribution is 2.16. The van der Waals surface area contributed by atoms with E-state index in [0.717, 1.165) is 31.5 Å². The first-order valence-electron chi connectivity index (χ1n) is 8.44. The lowest BCUT2D eigenvalue weighted by molar-refractivity contribution is -0.139. The van der Waals surface area contributed by atoms with Crippen LogP contribution < -0.4 is 5.32 Å². The van der Waals surface area contributed by atoms with Gasteiger partial charge in [-0.05, 0) is 50.7 Å². The van der Waals surface area contributed by atoms with E-state index in [9.17, 15) is 14.4 Å². The molecule has 3 amide bonds. The van der Waals surface area contributed by atoms with Gasteiger partial charge in [0.15, 0.2) is 0 Å². The predicted molar refractivity (Wildman–Crippen MR) is 89.2 cm³/mol. The molecule has 3 rings (SSSR count). The van der Waals surface area contributed by atoms with Gasteiger partial charge in [0, 0.05) is 24.4 Å². The normalized spacial score (nSPS) is 19.8. The number of likely N-dealkylation sites (tertiary alicyclic amines) is 2. The third-order valence-electron chi connectivity index (χ3n) is 4.77. The van der Waals surface area contributed by atoms with Gasteiger partial charge in [0.25, 0.3) is 5.91 Å². The molecular weight excluding hydrogens is 306 g/mol. The summed E-state index contributed by atoms with van der Waals surface area (Å²) in [6.45, 7) is 2.29. The average molecular weight is 329 g/mol. The van der Waals surface area contributed by atoms with Crippen LogP contribution in [0.2, 0.25) is 0 Å². The average Bonchev–Trinajstić information content (AvgIpc) is 2.89. The molecule has 1 aromatic carbocycles. The molecule has 0 radical (unpaired) electrons. The summed E-state index contributed by atoms with van der Waals surface area (Å²) < 4.78 is 0. The SMILES string of the molecule is CN1CCC(NC(=O)c2ccc(CN3C(=O)CCC3=O)cc2)CC1. The Kier molecular flexibility index (Phi) is 4.94. The number of imide groups is 1. The van der Waals surface area contributed by atoms with Crippen LogP contribution in [0.4, 0.5) is 0 Å². The van der Waals surface area contributed by atoms with Crippen molar-refractivity contribution in [1.82, 2.24) is 15.1 Å². The Bertz CT molecular complexity index is 617. The first-order chi connectivity index (χ1) is 11.5. The molecule has 1 aromatic rings. The van der Waals surface area contributed by atoms with Crippen LogP contribution in [0.3, 0.4) is 0 Å². The van der Waals surface area contributed by atoms with Crippen LogP contribution in [-0.2, 0) is 16.1 Å². The van der Waals surface area contributed by atoms with Gasteiger partial charge in [0.2, 0.25) is 11.8 Å². The summed E-state index contributed by atoms with van der Waals surface area (Å²) in [5, 5.41) is 3.08. The van der Waals surface area contributed by atoms with Gasteiger partial charge in [-0.15, -0.1) is 0 Å². The lowest BCUT2D eigenvalue weighted by Crippen LogP contribution is -2.43. The fraction of sp³-hybridized carbons (Fsp3) is 0.500. The zero-order valence-corrected chi connectivity index (χ0v) is 14.0. The van der Waals surface area contributed by atoms with E-state index in [0.29, 0.717) is 18.4 Å². The monoisotopic (exact) mass is 329 g/mol. The largest absolute Gasteiger partial charge is 0.349 e. The number of amides is 3. The molecule has 2 aliphatic heterocycles. The summed E-state index contributed by atoms with van der Waals surface area (Å²) in [6.07, 6.45) is 2.55. The minimum absolute atomic E-state index is 0.0653. The van der Waals surface area contributed by atoms with E-state index in [4.69, 9.17) is 0 Å². The number of piperidine rings is 1. The molecule has 2 saturated heterocycles. The second-order valence-corrected chi connectivity index (χ2v) is 6.62. The Hall–Kier alpha value is -2.21. The molecule has 0 aliphatic carbocycles. The zero-order chi connectivity index (χ0) is 17.1. The zero-order valence-electron chi connectivity index (χ0n) is 14.0. The van der Waals surface area contributed by atoms with Crippen molar-refractivity contribution in [3.8, 4) is 0 Å². The van der Waals surface area contributed by atoms with Crippen molar-refractivity contribution in [3.05, 3.63) is 35.4 Å². The fourth-order valence-corrected chi connectivity index (χ4v) is 3.16. The number of hydrogen-bond acceptors (Lipinski definition) is 4. The van der Waals surface area contributed by atoms with Crippen molar-refractivity contribution in [1.29, 1.82) is 0 Å². The maximum atomic E-state index is 12.3. The Morgan fingerprint density at radius 1 is 1.08 bits per heavy atom. The Morgan fingerprint density at radius 2 is 1.67 bits per heavy atom. The van der Waals surface area contributed by atoms with Crippen LogP contribution in [0, 0.1) is 0 Å². The number of benzene rings is 1. The van der Waals surface area contributed by atoms with Gasteiger partial charge in [0.05, 0.1) is 6.54 Å². The van der Waals surface area contributed by atoms with Crippen molar-refractivity contribution in [2.75, 3.05) is 20.1 Å². The van der Waals surface area contributed by atoms with Gasteiger partial charge >= 0.3 is 0 Å². The van der Waals surface area contributed by atoms with E-state index in [1.54, 1.807) is 12.1 Å². The van der Waals surface area contributed by atoms with Crippen LogP contribution in [-0.4, -0.2) is 53.7 Å². The van der Waals surface area contributed by atoms with Crippen molar-refractivity contribution in [2.45, 2.75) is 38.3 Å². The topological polar surface area (TPSA) is 69.7 Å². The smallest absolute Gasteiger partial charge is 0.251 e. The maximum absolute atomic E-state index is 12.3. The summed E-state index contributed by atoms with van der Waals surface area (Å²) in [4.78, 5) is 39.2. The number of rotatable bonds is 4. The molecule has 6 nitrogen and oxygen atoms in total. The lowest BCUT2D eigenvalue weighted by Gasteiger charge is -2.29. The minimum atomic E-state index is -0.121. The maximum Gasteiger partial charge on any atom is 0.251 e. The van der Waals surface area contributed by atoms with Crippen LogP contribution in [0.5, 0.6) is 0 Å². The standard InChI is InChI=1S/C18H23N3O3/c1-20-10-8-15(9-11-20)19-18(24)14-4-2-13(3-5-14)12-21-16(22)6-7-17(21)23/h2-5,15H,6-12H2,1H3,(H,19,24). The second-order valence-electron chi connectivity index (χ2n) is 6.62. The number of nitrogens with zero attached hydrogens (tertiary/aromatic N) is 2. The highest BCUT2D eigenvalue weighted by atomic mass is 16.2. The molecular formula is C18H23N3O3. The quantitative estimate of drug-likeness (QED) is 0.842. The first kappa shape index (κ1) is 16.6. The Morgan fingerprint density at radius 3 is 2.25 bits per heavy atom. The molecule has 0 spiro atoms. The third-order valence-corrected chi connectivity index (χ3v) is 4.77. The van der Waals surface area contributed by atoms with Crippen molar-refractivity contribution < 1.29 is 14.4 Å². The second kappa shape index (κ2) is 7.13. The summed E-state index contributed by atoms with van der Waals surface area (Å²) in [7, 11) is 2.09. The molecule has 1 N–H and O–H groups in total. The highest BCUT2D eigenvalue weighted by molar-refractivity contribution is 6.01. The van der Waals surface area contributed by atoms with Gasteiger partial charge < -0.3 is 10.2 Å². The summed E-state index contributed by atoms with van der Waals surface area (Å²) in [5.41, 5.74) is 1.46. The van der Waals surface area contributed by atoms with E-state index in [2.05, 4.69) is 17.3 Å². The molecule has 0 saturated carbocycles. The number of nitrogens with one attached hydrogen (secondary N) is 1. The van der Waals surface area contributed by atoms with Gasteiger partial charge in [-0.25, -0.2) is 0 Å². The number of hydrogen-bond donors (Lipinski definition) is 1. The minimum Gasteiger partial charge on any atom is -0.349 e. The van der Waals surface area contributed by atoms with Gasteiger partial charge in [-0.3, -0.25) is 19.3 Å². The Balaban J connectivity index is 1.56. The lowest BCUT2D eigenvalue weighted by atomic mass is 10.0. The number of carbonyl (C=O) groups excluding carboxylic acids is 3. The van der Waals surface area contributed by atoms with E-state index >= 15 is 0 Å². The molecule has 24 heavy (non-hydrogen) atoms. The van der Waals surface area contributed by atoms with Crippen LogP contribution in [0.25, 0.3) is 0 Å². The van der Waals surface area contributed by atoms with E-state index < -0.39 is 0 Å². The van der Waals surface area contributed by atoms with Crippen LogP contribution in [0.1, 0.15) is 41.6 Å². The molecule has 0 atom stereocenters. The molecule has 0 unspecified atom stereocenters. The molecule has 128 valence electrons. The fourth-order valence-electron chi connectivity index (χ4n) is 3.16. The van der Waals surface area contributed by atoms with E-state index in [1.165, 1.54) is 4.90 Å². The van der Waals surface area contributed by atoms with Gasteiger partial charge in [-0.2, -0.15) is 0 Å². The molecule has 2 fully saturated rings. The molecule has 2 aliphatic rings. The highest BCUT2D eigenvalue weighted by Gasteiger charge is 2.28. The van der Waals surface area contributed by atoms with Crippen molar-refractivity contribution in [2.24, 2.45) is 0 Å². The first-order valence-corrected chi connectivity index (χ1v) is 8.44. The Labute approximate surface area is 141 Å². The van der Waals surface area contributed by atoms with Crippen LogP contribution in [0.15, 0.2) is 24.3 Å². The third kappa shape index (κ3) is 3.82. The molecule has 2 heterocycles. The summed E-state index contributed by atoms with van der Waals surface area (Å²) in [5.74, 6) is -0.308. The molecule has 0 bridgehead atoms. The van der Waals surface area contributed by atoms with Gasteiger partial charge in [0.1, 0.15) is 0 Å². The summed E-state index contributed by atoms with van der Waals surface area (Å²) >= 11 is 0. The van der Waals surface area contributed by atoms with Crippen LogP contribution >= 0.6 is 0 Å². The van der Waals surface area contributed by atoms with Gasteiger partial charge in [-0.1, -0.05) is 12.1 Å². The van der Waals surface area contributed by atoms with Crippen molar-refractivity contribution in [3.63, 3.8) is 0 Å². The van der Waals surface area contributed by atoms with E-state index in [1.807, 2.05) is 12.1 Å². The molecule has 0 aromatic heterocycles. The summed E-state index contributed by atoms with van der Waals surface area (Å²) in [6, 6.07) is 7.35. The number of carbonyl (C=O) groups is 3. The predicted octanol–water partition coefficient (Wildman–Crippen LogP) is 1.16.